The van der Waals surface area contributed by atoms with Gasteiger partial charge in [0.15, 0.2) is 0 Å². The van der Waals surface area contributed by atoms with Crippen LogP contribution in [0.3, 0.4) is 0 Å². The van der Waals surface area contributed by atoms with Gasteiger partial charge in [0.25, 0.3) is 0 Å². The van der Waals surface area contributed by atoms with Crippen molar-refractivity contribution in [1.29, 1.82) is 0 Å². The minimum absolute atomic E-state index is 0.355. The zero-order chi connectivity index (χ0) is 15.3. The average Bonchev–Trinajstić information content (AvgIpc) is 2.86. The number of rotatable bonds is 6. The van der Waals surface area contributed by atoms with Gasteiger partial charge in [0, 0.05) is 6.04 Å². The molecule has 1 aliphatic carbocycles. The van der Waals surface area contributed by atoms with Crippen LogP contribution in [0, 0.1) is 0 Å². The number of carboxylic acid groups (broad SMARTS) is 1. The van der Waals surface area contributed by atoms with Gasteiger partial charge in [-0.1, -0.05) is 12.8 Å². The number of hydrogen-bond acceptors (Lipinski definition) is 2. The molecule has 1 aliphatic rings. The Labute approximate surface area is 112 Å². The highest BCUT2D eigenvalue weighted by atomic mass is 19.3. The number of carbonyl (C=O) groups is 2. The van der Waals surface area contributed by atoms with E-state index in [0.29, 0.717) is 12.8 Å². The van der Waals surface area contributed by atoms with E-state index in [-0.39, 0.29) is 6.04 Å². The lowest BCUT2D eigenvalue weighted by atomic mass is 10.2. The summed E-state index contributed by atoms with van der Waals surface area (Å²) in [5.41, 5.74) is 0. The second kappa shape index (κ2) is 6.76. The van der Waals surface area contributed by atoms with Crippen molar-refractivity contribution in [3.8, 4) is 0 Å². The minimum Gasteiger partial charge on any atom is -0.480 e. The molecule has 0 aromatic rings. The van der Waals surface area contributed by atoms with Gasteiger partial charge >= 0.3 is 24.3 Å². The summed E-state index contributed by atoms with van der Waals surface area (Å²) in [6, 6.07) is -1.41. The third-order valence-electron chi connectivity index (χ3n) is 3.13. The lowest BCUT2D eigenvalue weighted by molar-refractivity contribution is -0.138. The highest BCUT2D eigenvalue weighted by molar-refractivity contribution is 5.80. The zero-order valence-corrected chi connectivity index (χ0v) is 10.6. The van der Waals surface area contributed by atoms with Crippen molar-refractivity contribution < 1.29 is 32.3 Å². The molecule has 0 aliphatic heterocycles. The molecule has 1 rings (SSSR count). The highest BCUT2D eigenvalue weighted by Gasteiger charge is 2.41. The maximum atomic E-state index is 12.7. The maximum absolute atomic E-state index is 12.7. The van der Waals surface area contributed by atoms with Crippen LogP contribution in [0.15, 0.2) is 0 Å². The molecule has 2 amide bonds. The van der Waals surface area contributed by atoms with Crippen LogP contribution in [0.1, 0.15) is 25.7 Å². The Morgan fingerprint density at radius 3 is 2.30 bits per heavy atom. The van der Waals surface area contributed by atoms with Crippen LogP contribution in [-0.2, 0) is 4.79 Å². The molecule has 0 unspecified atom stereocenters. The first-order valence-corrected chi connectivity index (χ1v) is 6.16. The van der Waals surface area contributed by atoms with Gasteiger partial charge in [0.2, 0.25) is 0 Å². The molecule has 0 heterocycles. The lowest BCUT2D eigenvalue weighted by Crippen LogP contribution is -2.51. The van der Waals surface area contributed by atoms with E-state index in [1.54, 1.807) is 5.32 Å². The molecule has 0 radical (unpaired) electrons. The normalized spacial score (nSPS) is 16.4. The number of hydrogen-bond donors (Lipinski definition) is 2. The van der Waals surface area contributed by atoms with E-state index in [4.69, 9.17) is 5.11 Å². The Bertz CT molecular complexity index is 360. The summed E-state index contributed by atoms with van der Waals surface area (Å²) in [6.07, 6.45) is -1.12. The van der Waals surface area contributed by atoms with Crippen molar-refractivity contribution in [2.45, 2.75) is 44.1 Å². The zero-order valence-electron chi connectivity index (χ0n) is 10.6. The molecule has 0 aromatic carbocycles. The molecule has 0 atom stereocenters. The predicted molar refractivity (Wildman–Crippen MR) is 60.9 cm³/mol. The van der Waals surface area contributed by atoms with Crippen molar-refractivity contribution >= 4 is 12.0 Å². The standard InChI is InChI=1S/C11H16F4N2O3/c12-9(13)11(14,15)6-16-10(20)17(5-8(18)19)7-3-1-2-4-7/h7,9H,1-6H2,(H,16,20)(H,18,19). The smallest absolute Gasteiger partial charge is 0.324 e. The van der Waals surface area contributed by atoms with Gasteiger partial charge in [-0.2, -0.15) is 8.78 Å². The topological polar surface area (TPSA) is 69.6 Å². The molecular formula is C11H16F4N2O3. The Kier molecular flexibility index (Phi) is 5.58. The van der Waals surface area contributed by atoms with E-state index in [0.717, 1.165) is 17.7 Å². The Balaban J connectivity index is 2.61. The van der Waals surface area contributed by atoms with Crippen LogP contribution in [0.5, 0.6) is 0 Å². The van der Waals surface area contributed by atoms with E-state index >= 15 is 0 Å². The SMILES string of the molecule is O=C(O)CN(C(=O)NCC(F)(F)C(F)F)C1CCCC1. The largest absolute Gasteiger partial charge is 0.480 e. The van der Waals surface area contributed by atoms with E-state index in [1.807, 2.05) is 0 Å². The first-order valence-electron chi connectivity index (χ1n) is 6.16. The van der Waals surface area contributed by atoms with Crippen LogP contribution in [-0.4, -0.2) is 53.5 Å². The number of aliphatic carboxylic acids is 1. The number of halogens is 4. The average molecular weight is 300 g/mol. The fourth-order valence-electron chi connectivity index (χ4n) is 2.10. The van der Waals surface area contributed by atoms with E-state index in [2.05, 4.69) is 0 Å². The lowest BCUT2D eigenvalue weighted by Gasteiger charge is -2.28. The van der Waals surface area contributed by atoms with Crippen molar-refractivity contribution in [2.75, 3.05) is 13.1 Å². The highest BCUT2D eigenvalue weighted by Crippen LogP contribution is 2.24. The second-order valence-corrected chi connectivity index (χ2v) is 4.68. The second-order valence-electron chi connectivity index (χ2n) is 4.68. The van der Waals surface area contributed by atoms with E-state index < -0.39 is 37.4 Å². The van der Waals surface area contributed by atoms with Gasteiger partial charge in [-0.05, 0) is 12.8 Å². The number of alkyl halides is 4. The third-order valence-corrected chi connectivity index (χ3v) is 3.13. The first-order chi connectivity index (χ1) is 9.24. The van der Waals surface area contributed by atoms with Crippen LogP contribution in [0.25, 0.3) is 0 Å². The summed E-state index contributed by atoms with van der Waals surface area (Å²) in [5.74, 6) is -5.62. The number of urea groups is 1. The van der Waals surface area contributed by atoms with Crippen LogP contribution >= 0.6 is 0 Å². The van der Waals surface area contributed by atoms with Gasteiger partial charge in [-0.15, -0.1) is 0 Å². The van der Waals surface area contributed by atoms with Gasteiger partial charge in [-0.3, -0.25) is 4.79 Å². The fourth-order valence-corrected chi connectivity index (χ4v) is 2.10. The number of carboxylic acids is 1. The molecule has 1 fully saturated rings. The number of amides is 2. The van der Waals surface area contributed by atoms with Gasteiger partial charge < -0.3 is 15.3 Å². The van der Waals surface area contributed by atoms with Gasteiger partial charge in [0.05, 0.1) is 6.54 Å². The molecule has 0 spiro atoms. The van der Waals surface area contributed by atoms with Crippen molar-refractivity contribution in [1.82, 2.24) is 10.2 Å². The molecule has 0 saturated heterocycles. The quantitative estimate of drug-likeness (QED) is 0.736. The summed E-state index contributed by atoms with van der Waals surface area (Å²) in [6.45, 7) is -2.16. The Morgan fingerprint density at radius 1 is 1.30 bits per heavy atom. The predicted octanol–water partition coefficient (Wildman–Crippen LogP) is 1.93. The molecule has 9 heteroatoms. The van der Waals surface area contributed by atoms with Gasteiger partial charge in [-0.25, -0.2) is 13.6 Å². The summed E-state index contributed by atoms with van der Waals surface area (Å²) >= 11 is 0. The molecule has 1 saturated carbocycles. The summed E-state index contributed by atoms with van der Waals surface area (Å²) in [4.78, 5) is 23.3. The summed E-state index contributed by atoms with van der Waals surface area (Å²) in [7, 11) is 0. The van der Waals surface area contributed by atoms with Crippen molar-refractivity contribution in [3.63, 3.8) is 0 Å². The maximum Gasteiger partial charge on any atom is 0.324 e. The Hall–Kier alpha value is -1.54. The van der Waals surface area contributed by atoms with Crippen molar-refractivity contribution in [2.24, 2.45) is 0 Å². The third kappa shape index (κ3) is 4.53. The number of carbonyl (C=O) groups excluding carboxylic acids is 1. The molecule has 0 aromatic heterocycles. The Morgan fingerprint density at radius 2 is 1.85 bits per heavy atom. The van der Waals surface area contributed by atoms with E-state index in [9.17, 15) is 27.2 Å². The molecule has 5 nitrogen and oxygen atoms in total. The molecule has 0 bridgehead atoms. The molecular weight excluding hydrogens is 284 g/mol. The van der Waals surface area contributed by atoms with Crippen LogP contribution < -0.4 is 5.32 Å². The summed E-state index contributed by atoms with van der Waals surface area (Å²) < 4.78 is 49.4. The first kappa shape index (κ1) is 16.5. The monoisotopic (exact) mass is 300 g/mol. The number of nitrogens with one attached hydrogen (secondary N) is 1. The van der Waals surface area contributed by atoms with Crippen LogP contribution in [0.2, 0.25) is 0 Å². The fraction of sp³-hybridized carbons (Fsp3) is 0.818. The summed E-state index contributed by atoms with van der Waals surface area (Å²) in [5, 5.41) is 10.4. The molecule has 2 N–H and O–H groups in total. The van der Waals surface area contributed by atoms with Gasteiger partial charge in [0.1, 0.15) is 6.54 Å². The number of nitrogens with zero attached hydrogens (tertiary/aromatic N) is 1. The van der Waals surface area contributed by atoms with Crippen molar-refractivity contribution in [3.05, 3.63) is 0 Å². The molecule has 116 valence electrons. The van der Waals surface area contributed by atoms with E-state index in [1.165, 1.54) is 0 Å². The minimum atomic E-state index is -4.33. The van der Waals surface area contributed by atoms with Crippen LogP contribution in [0.4, 0.5) is 22.4 Å². The molecule has 20 heavy (non-hydrogen) atoms.